The summed E-state index contributed by atoms with van der Waals surface area (Å²) in [6.07, 6.45) is 2.47. The lowest BCUT2D eigenvalue weighted by Gasteiger charge is -2.36. The molecule has 0 bridgehead atoms. The van der Waals surface area contributed by atoms with Crippen molar-refractivity contribution < 1.29 is 9.53 Å². The van der Waals surface area contributed by atoms with Crippen molar-refractivity contribution in [1.82, 2.24) is 4.90 Å². The molecule has 1 heterocycles. The molecular weight excluding hydrogens is 324 g/mol. The van der Waals surface area contributed by atoms with Gasteiger partial charge < -0.3 is 14.5 Å². The highest BCUT2D eigenvalue weighted by molar-refractivity contribution is 5.76. The second-order valence-corrected chi connectivity index (χ2v) is 6.74. The normalized spacial score (nSPS) is 14.4. The summed E-state index contributed by atoms with van der Waals surface area (Å²) in [4.78, 5) is 16.8. The Balaban J connectivity index is 1.46. The Morgan fingerprint density at radius 3 is 2.12 bits per heavy atom. The number of amides is 1. The van der Waals surface area contributed by atoms with Crippen LogP contribution in [0.2, 0.25) is 0 Å². The summed E-state index contributed by atoms with van der Waals surface area (Å²) in [6.45, 7) is 5.50. The third kappa shape index (κ3) is 4.57. The number of aryl methyl sites for hydroxylation is 2. The van der Waals surface area contributed by atoms with Crippen molar-refractivity contribution in [2.24, 2.45) is 0 Å². The number of carbonyl (C=O) groups is 1. The average molecular weight is 352 g/mol. The molecule has 1 aliphatic heterocycles. The molecule has 1 aliphatic rings. The molecule has 4 heteroatoms. The monoisotopic (exact) mass is 352 g/mol. The van der Waals surface area contributed by atoms with E-state index in [9.17, 15) is 4.79 Å². The molecule has 138 valence electrons. The van der Waals surface area contributed by atoms with E-state index in [-0.39, 0.29) is 5.91 Å². The van der Waals surface area contributed by atoms with E-state index in [4.69, 9.17) is 4.74 Å². The topological polar surface area (TPSA) is 32.8 Å². The van der Waals surface area contributed by atoms with Crippen LogP contribution in [0.25, 0.3) is 0 Å². The van der Waals surface area contributed by atoms with Crippen LogP contribution in [0.5, 0.6) is 5.75 Å². The van der Waals surface area contributed by atoms with Gasteiger partial charge in [-0.05, 0) is 48.2 Å². The Bertz CT molecular complexity index is 702. The molecule has 2 aromatic rings. The van der Waals surface area contributed by atoms with E-state index in [1.165, 1.54) is 16.8 Å². The molecule has 0 radical (unpaired) electrons. The molecule has 0 atom stereocenters. The van der Waals surface area contributed by atoms with Crippen LogP contribution in [0, 0.1) is 0 Å². The van der Waals surface area contributed by atoms with Crippen LogP contribution >= 0.6 is 0 Å². The maximum atomic E-state index is 12.5. The van der Waals surface area contributed by atoms with Crippen molar-refractivity contribution in [2.45, 2.75) is 26.2 Å². The predicted molar refractivity (Wildman–Crippen MR) is 106 cm³/mol. The minimum absolute atomic E-state index is 0.263. The van der Waals surface area contributed by atoms with E-state index in [2.05, 4.69) is 48.2 Å². The van der Waals surface area contributed by atoms with Crippen molar-refractivity contribution in [3.63, 3.8) is 0 Å². The molecule has 0 saturated carbocycles. The Morgan fingerprint density at radius 1 is 0.923 bits per heavy atom. The van der Waals surface area contributed by atoms with E-state index < -0.39 is 0 Å². The summed E-state index contributed by atoms with van der Waals surface area (Å²) >= 11 is 0. The average Bonchev–Trinajstić information content (AvgIpc) is 2.72. The smallest absolute Gasteiger partial charge is 0.223 e. The SMILES string of the molecule is CCc1ccc(CCC(=O)N2CCN(c3ccc(OC)cc3)CC2)cc1. The van der Waals surface area contributed by atoms with Gasteiger partial charge in [0.05, 0.1) is 7.11 Å². The number of rotatable bonds is 6. The van der Waals surface area contributed by atoms with E-state index >= 15 is 0 Å². The number of hydrogen-bond acceptors (Lipinski definition) is 3. The lowest BCUT2D eigenvalue weighted by molar-refractivity contribution is -0.131. The van der Waals surface area contributed by atoms with Crippen LogP contribution in [0.1, 0.15) is 24.5 Å². The fourth-order valence-electron chi connectivity index (χ4n) is 3.36. The highest BCUT2D eigenvalue weighted by atomic mass is 16.5. The number of hydrogen-bond donors (Lipinski definition) is 0. The largest absolute Gasteiger partial charge is 0.497 e. The predicted octanol–water partition coefficient (Wildman–Crippen LogP) is 3.54. The van der Waals surface area contributed by atoms with Crippen LogP contribution in [-0.4, -0.2) is 44.1 Å². The van der Waals surface area contributed by atoms with Crippen molar-refractivity contribution in [1.29, 1.82) is 0 Å². The molecule has 1 fully saturated rings. The van der Waals surface area contributed by atoms with Gasteiger partial charge in [-0.25, -0.2) is 0 Å². The number of ether oxygens (including phenoxy) is 1. The summed E-state index contributed by atoms with van der Waals surface area (Å²) < 4.78 is 5.21. The highest BCUT2D eigenvalue weighted by Crippen LogP contribution is 2.20. The number of methoxy groups -OCH3 is 1. The Morgan fingerprint density at radius 2 is 1.54 bits per heavy atom. The van der Waals surface area contributed by atoms with Crippen LogP contribution in [-0.2, 0) is 17.6 Å². The van der Waals surface area contributed by atoms with Gasteiger partial charge in [-0.2, -0.15) is 0 Å². The van der Waals surface area contributed by atoms with Gasteiger partial charge in [0.2, 0.25) is 5.91 Å². The van der Waals surface area contributed by atoms with Gasteiger partial charge in [-0.15, -0.1) is 0 Å². The summed E-state index contributed by atoms with van der Waals surface area (Å²) in [5.41, 5.74) is 3.77. The van der Waals surface area contributed by atoms with E-state index in [1.807, 2.05) is 17.0 Å². The zero-order chi connectivity index (χ0) is 18.4. The Kier molecular flexibility index (Phi) is 6.16. The van der Waals surface area contributed by atoms with Gasteiger partial charge in [0, 0.05) is 38.3 Å². The lowest BCUT2D eigenvalue weighted by atomic mass is 10.1. The highest BCUT2D eigenvalue weighted by Gasteiger charge is 2.21. The van der Waals surface area contributed by atoms with Crippen molar-refractivity contribution >= 4 is 11.6 Å². The summed E-state index contributed by atoms with van der Waals surface area (Å²) in [6, 6.07) is 16.7. The minimum atomic E-state index is 0.263. The number of anilines is 1. The van der Waals surface area contributed by atoms with Crippen LogP contribution in [0.15, 0.2) is 48.5 Å². The molecule has 1 amide bonds. The maximum Gasteiger partial charge on any atom is 0.223 e. The van der Waals surface area contributed by atoms with Crippen molar-refractivity contribution in [3.8, 4) is 5.75 Å². The van der Waals surface area contributed by atoms with E-state index in [1.54, 1.807) is 7.11 Å². The molecular formula is C22H28N2O2. The van der Waals surface area contributed by atoms with Gasteiger partial charge in [-0.1, -0.05) is 31.2 Å². The first kappa shape index (κ1) is 18.3. The molecule has 0 N–H and O–H groups in total. The van der Waals surface area contributed by atoms with Gasteiger partial charge >= 0.3 is 0 Å². The lowest BCUT2D eigenvalue weighted by Crippen LogP contribution is -2.48. The molecule has 4 nitrogen and oxygen atoms in total. The first-order valence-electron chi connectivity index (χ1n) is 9.44. The second-order valence-electron chi connectivity index (χ2n) is 6.74. The summed E-state index contributed by atoms with van der Waals surface area (Å²) in [5, 5.41) is 0. The Hall–Kier alpha value is -2.49. The Labute approximate surface area is 156 Å². The molecule has 0 aromatic heterocycles. The third-order valence-corrected chi connectivity index (χ3v) is 5.13. The third-order valence-electron chi connectivity index (χ3n) is 5.13. The van der Waals surface area contributed by atoms with Gasteiger partial charge in [0.1, 0.15) is 5.75 Å². The van der Waals surface area contributed by atoms with E-state index in [0.29, 0.717) is 6.42 Å². The maximum absolute atomic E-state index is 12.5. The molecule has 0 aliphatic carbocycles. The quantitative estimate of drug-likeness (QED) is 0.797. The zero-order valence-corrected chi connectivity index (χ0v) is 15.8. The standard InChI is InChI=1S/C22H28N2O2/c1-3-18-4-6-19(7-5-18)8-13-22(25)24-16-14-23(15-17-24)20-9-11-21(26-2)12-10-20/h4-7,9-12H,3,8,13-17H2,1-2H3. The summed E-state index contributed by atoms with van der Waals surface area (Å²) in [7, 11) is 1.68. The number of piperazine rings is 1. The first-order chi connectivity index (χ1) is 12.7. The van der Waals surface area contributed by atoms with Crippen molar-refractivity contribution in [2.75, 3.05) is 38.2 Å². The number of carbonyl (C=O) groups excluding carboxylic acids is 1. The van der Waals surface area contributed by atoms with Gasteiger partial charge in [0.15, 0.2) is 0 Å². The van der Waals surface area contributed by atoms with E-state index in [0.717, 1.165) is 44.8 Å². The molecule has 1 saturated heterocycles. The number of nitrogens with zero attached hydrogens (tertiary/aromatic N) is 2. The zero-order valence-electron chi connectivity index (χ0n) is 15.8. The molecule has 2 aromatic carbocycles. The fourth-order valence-corrected chi connectivity index (χ4v) is 3.36. The summed E-state index contributed by atoms with van der Waals surface area (Å²) in [5.74, 6) is 1.13. The minimum Gasteiger partial charge on any atom is -0.497 e. The van der Waals surface area contributed by atoms with Crippen LogP contribution in [0.4, 0.5) is 5.69 Å². The molecule has 3 rings (SSSR count). The van der Waals surface area contributed by atoms with Crippen LogP contribution < -0.4 is 9.64 Å². The fraction of sp³-hybridized carbons (Fsp3) is 0.409. The molecule has 0 unspecified atom stereocenters. The second kappa shape index (κ2) is 8.75. The van der Waals surface area contributed by atoms with Gasteiger partial charge in [-0.3, -0.25) is 4.79 Å². The van der Waals surface area contributed by atoms with Crippen LogP contribution in [0.3, 0.4) is 0 Å². The molecule has 26 heavy (non-hydrogen) atoms. The number of benzene rings is 2. The van der Waals surface area contributed by atoms with Crippen molar-refractivity contribution in [3.05, 3.63) is 59.7 Å². The first-order valence-corrected chi connectivity index (χ1v) is 9.44. The molecule has 0 spiro atoms. The van der Waals surface area contributed by atoms with Gasteiger partial charge in [0.25, 0.3) is 0 Å².